The van der Waals surface area contributed by atoms with E-state index in [4.69, 9.17) is 11.6 Å². The topological polar surface area (TPSA) is 37.8 Å². The van der Waals surface area contributed by atoms with Crippen molar-refractivity contribution in [1.82, 2.24) is 9.97 Å². The van der Waals surface area contributed by atoms with Crippen LogP contribution in [-0.2, 0) is 0 Å². The number of hydrogen-bond acceptors (Lipinski definition) is 3. The van der Waals surface area contributed by atoms with Gasteiger partial charge in [0.25, 0.3) is 0 Å². The molecule has 13 heavy (non-hydrogen) atoms. The quantitative estimate of drug-likeness (QED) is 0.762. The Kier molecular flexibility index (Phi) is 3.89. The molecule has 1 rings (SSSR count). The van der Waals surface area contributed by atoms with Gasteiger partial charge in [-0.2, -0.15) is 0 Å². The van der Waals surface area contributed by atoms with Gasteiger partial charge >= 0.3 is 0 Å². The fraction of sp³-hybridized carbons (Fsp3) is 0.500. The third-order valence-electron chi connectivity index (χ3n) is 1.54. The number of nitrogens with zero attached hydrogens (tertiary/aromatic N) is 2. The lowest BCUT2D eigenvalue weighted by atomic mass is 10.3. The molecule has 0 spiro atoms. The normalized spacial score (nSPS) is 12.5. The van der Waals surface area contributed by atoms with Crippen LogP contribution in [0.5, 0.6) is 0 Å². The summed E-state index contributed by atoms with van der Waals surface area (Å²) in [6, 6.07) is 0.197. The Balaban J connectivity index is 2.49. The molecule has 72 valence electrons. The lowest BCUT2D eigenvalue weighted by Crippen LogP contribution is -2.17. The fourth-order valence-electron chi connectivity index (χ4n) is 0.843. The van der Waals surface area contributed by atoms with E-state index in [2.05, 4.69) is 15.3 Å². The molecule has 0 bridgehead atoms. The van der Waals surface area contributed by atoms with Crippen molar-refractivity contribution >= 4 is 17.5 Å². The highest BCUT2D eigenvalue weighted by Gasteiger charge is 2.02. The van der Waals surface area contributed by atoms with Crippen LogP contribution in [-0.4, -0.2) is 21.9 Å². The second-order valence-corrected chi connectivity index (χ2v) is 3.13. The first-order valence-electron chi connectivity index (χ1n) is 4.02. The Hall–Kier alpha value is -0.900. The summed E-state index contributed by atoms with van der Waals surface area (Å²) in [5.74, 6) is 0.574. The van der Waals surface area contributed by atoms with Crippen molar-refractivity contribution in [3.8, 4) is 0 Å². The lowest BCUT2D eigenvalue weighted by molar-refractivity contribution is 0.613. The van der Waals surface area contributed by atoms with E-state index in [1.54, 1.807) is 0 Å². The van der Waals surface area contributed by atoms with E-state index < -0.39 is 5.82 Å². The number of aromatic nitrogens is 2. The van der Waals surface area contributed by atoms with Gasteiger partial charge in [-0.3, -0.25) is 0 Å². The number of alkyl halides is 1. The van der Waals surface area contributed by atoms with Crippen molar-refractivity contribution in [1.29, 1.82) is 0 Å². The van der Waals surface area contributed by atoms with Crippen molar-refractivity contribution in [2.75, 3.05) is 11.2 Å². The first-order chi connectivity index (χ1) is 6.22. The maximum absolute atomic E-state index is 12.4. The number of halogens is 2. The summed E-state index contributed by atoms with van der Waals surface area (Å²) >= 11 is 5.55. The number of hydrogen-bond donors (Lipinski definition) is 1. The molecule has 0 aromatic carbocycles. The van der Waals surface area contributed by atoms with Crippen LogP contribution in [0.15, 0.2) is 12.4 Å². The summed E-state index contributed by atoms with van der Waals surface area (Å²) in [4.78, 5) is 7.52. The molecule has 1 aromatic heterocycles. The average Bonchev–Trinajstić information content (AvgIpc) is 2.09. The van der Waals surface area contributed by atoms with Crippen molar-refractivity contribution in [2.45, 2.75) is 19.4 Å². The molecule has 0 aliphatic rings. The van der Waals surface area contributed by atoms with E-state index in [1.165, 1.54) is 0 Å². The molecule has 3 nitrogen and oxygen atoms in total. The Morgan fingerprint density at radius 1 is 1.54 bits per heavy atom. The fourth-order valence-corrected chi connectivity index (χ4v) is 1.17. The van der Waals surface area contributed by atoms with E-state index in [-0.39, 0.29) is 6.04 Å². The van der Waals surface area contributed by atoms with Crippen LogP contribution >= 0.6 is 11.6 Å². The van der Waals surface area contributed by atoms with Crippen LogP contribution in [0.25, 0.3) is 0 Å². The van der Waals surface area contributed by atoms with E-state index in [0.29, 0.717) is 11.8 Å². The average molecular weight is 204 g/mol. The van der Waals surface area contributed by atoms with Gasteiger partial charge in [0.05, 0.1) is 12.4 Å². The van der Waals surface area contributed by atoms with Crippen LogP contribution in [0.2, 0.25) is 0 Å². The smallest absolute Gasteiger partial charge is 0.222 e. The first kappa shape index (κ1) is 10.2. The van der Waals surface area contributed by atoms with Crippen LogP contribution in [0.1, 0.15) is 13.3 Å². The van der Waals surface area contributed by atoms with Crippen molar-refractivity contribution in [3.05, 3.63) is 18.2 Å². The van der Waals surface area contributed by atoms with Crippen LogP contribution in [0.4, 0.5) is 10.3 Å². The van der Waals surface area contributed by atoms with Crippen LogP contribution in [0.3, 0.4) is 0 Å². The SMILES string of the molecule is CC(CCCl)Nc1ncc(F)cn1. The molecule has 5 heteroatoms. The van der Waals surface area contributed by atoms with E-state index in [1.807, 2.05) is 6.92 Å². The van der Waals surface area contributed by atoms with E-state index in [9.17, 15) is 4.39 Å². The zero-order valence-electron chi connectivity index (χ0n) is 7.30. The Bertz CT molecular complexity index is 252. The van der Waals surface area contributed by atoms with Crippen LogP contribution < -0.4 is 5.32 Å². The third-order valence-corrected chi connectivity index (χ3v) is 1.76. The van der Waals surface area contributed by atoms with Crippen LogP contribution in [0, 0.1) is 5.82 Å². The van der Waals surface area contributed by atoms with E-state index in [0.717, 1.165) is 18.8 Å². The highest BCUT2D eigenvalue weighted by atomic mass is 35.5. The highest BCUT2D eigenvalue weighted by molar-refractivity contribution is 6.17. The van der Waals surface area contributed by atoms with Crippen molar-refractivity contribution in [2.24, 2.45) is 0 Å². The summed E-state index contributed by atoms with van der Waals surface area (Å²) in [6.07, 6.45) is 3.08. The maximum atomic E-state index is 12.4. The summed E-state index contributed by atoms with van der Waals surface area (Å²) in [5.41, 5.74) is 0. The van der Waals surface area contributed by atoms with Gasteiger partial charge in [0.2, 0.25) is 5.95 Å². The molecular formula is C8H11ClFN3. The molecule has 0 amide bonds. The molecule has 1 N–H and O–H groups in total. The Morgan fingerprint density at radius 3 is 2.69 bits per heavy atom. The lowest BCUT2D eigenvalue weighted by Gasteiger charge is -2.10. The minimum Gasteiger partial charge on any atom is -0.352 e. The van der Waals surface area contributed by atoms with Crippen molar-refractivity contribution < 1.29 is 4.39 Å². The summed E-state index contributed by atoms with van der Waals surface area (Å²) in [6.45, 7) is 1.97. The third kappa shape index (κ3) is 3.55. The first-order valence-corrected chi connectivity index (χ1v) is 4.56. The minimum absolute atomic E-state index is 0.197. The molecule has 1 unspecified atom stereocenters. The monoisotopic (exact) mass is 203 g/mol. The largest absolute Gasteiger partial charge is 0.352 e. The Labute approximate surface area is 81.3 Å². The summed E-state index contributed by atoms with van der Waals surface area (Å²) in [5, 5.41) is 3.00. The van der Waals surface area contributed by atoms with Gasteiger partial charge < -0.3 is 5.32 Å². The number of anilines is 1. The van der Waals surface area contributed by atoms with Gasteiger partial charge in [0.15, 0.2) is 5.82 Å². The predicted octanol–water partition coefficient (Wildman–Crippen LogP) is 2.04. The van der Waals surface area contributed by atoms with Gasteiger partial charge in [-0.25, -0.2) is 14.4 Å². The Morgan fingerprint density at radius 2 is 2.15 bits per heavy atom. The molecule has 0 fully saturated rings. The number of nitrogens with one attached hydrogen (secondary N) is 1. The van der Waals surface area contributed by atoms with Gasteiger partial charge in [-0.1, -0.05) is 0 Å². The molecule has 1 aromatic rings. The molecule has 0 saturated carbocycles. The molecule has 0 radical (unpaired) electrons. The van der Waals surface area contributed by atoms with Gasteiger partial charge in [-0.15, -0.1) is 11.6 Å². The maximum Gasteiger partial charge on any atom is 0.222 e. The van der Waals surface area contributed by atoms with Gasteiger partial charge in [-0.05, 0) is 13.3 Å². The van der Waals surface area contributed by atoms with E-state index >= 15 is 0 Å². The molecule has 0 aliphatic heterocycles. The second kappa shape index (κ2) is 4.97. The molecular weight excluding hydrogens is 193 g/mol. The molecule has 0 aliphatic carbocycles. The molecule has 1 atom stereocenters. The summed E-state index contributed by atoms with van der Waals surface area (Å²) in [7, 11) is 0. The molecule has 0 saturated heterocycles. The molecule has 1 heterocycles. The second-order valence-electron chi connectivity index (χ2n) is 2.75. The van der Waals surface area contributed by atoms with Crippen molar-refractivity contribution in [3.63, 3.8) is 0 Å². The van der Waals surface area contributed by atoms with Gasteiger partial charge in [0.1, 0.15) is 0 Å². The predicted molar refractivity (Wildman–Crippen MR) is 50.4 cm³/mol. The zero-order chi connectivity index (χ0) is 9.68. The summed E-state index contributed by atoms with van der Waals surface area (Å²) < 4.78 is 12.4. The highest BCUT2D eigenvalue weighted by Crippen LogP contribution is 2.03. The number of rotatable bonds is 4. The zero-order valence-corrected chi connectivity index (χ0v) is 8.05. The van der Waals surface area contributed by atoms with Gasteiger partial charge in [0, 0.05) is 11.9 Å². The standard InChI is InChI=1S/C8H11ClFN3/c1-6(2-3-9)13-8-11-4-7(10)5-12-8/h4-6H,2-3H2,1H3,(H,11,12,13). The minimum atomic E-state index is -0.435.